The highest BCUT2D eigenvalue weighted by Crippen LogP contribution is 2.20. The summed E-state index contributed by atoms with van der Waals surface area (Å²) >= 11 is 0. The second-order valence-corrected chi connectivity index (χ2v) is 5.47. The van der Waals surface area contributed by atoms with Gasteiger partial charge in [0.1, 0.15) is 17.6 Å². The van der Waals surface area contributed by atoms with E-state index in [4.69, 9.17) is 0 Å². The van der Waals surface area contributed by atoms with E-state index in [0.717, 1.165) is 16.5 Å². The Labute approximate surface area is 144 Å². The van der Waals surface area contributed by atoms with Gasteiger partial charge in [-0.25, -0.2) is 9.97 Å². The fourth-order valence-electron chi connectivity index (χ4n) is 2.38. The van der Waals surface area contributed by atoms with Crippen LogP contribution in [0.4, 0.5) is 5.82 Å². The zero-order chi connectivity index (χ0) is 17.6. The number of pyridine rings is 1. The number of carbonyl (C=O) groups is 1. The van der Waals surface area contributed by atoms with E-state index in [0.29, 0.717) is 24.5 Å². The quantitative estimate of drug-likeness (QED) is 0.693. The van der Waals surface area contributed by atoms with Crippen LogP contribution in [0.2, 0.25) is 0 Å². The van der Waals surface area contributed by atoms with Crippen LogP contribution in [0.15, 0.2) is 42.9 Å². The monoisotopic (exact) mass is 332 g/mol. The number of nitrogens with zero attached hydrogens (tertiary/aromatic N) is 4. The van der Waals surface area contributed by atoms with Crippen molar-refractivity contribution in [3.05, 3.63) is 59.7 Å². The van der Waals surface area contributed by atoms with Crippen LogP contribution >= 0.6 is 0 Å². The highest BCUT2D eigenvalue weighted by atomic mass is 16.1. The van der Waals surface area contributed by atoms with Crippen LogP contribution in [0, 0.1) is 18.3 Å². The maximum atomic E-state index is 11.9. The van der Waals surface area contributed by atoms with Crippen LogP contribution in [0.1, 0.15) is 21.6 Å². The molecule has 2 N–H and O–H groups in total. The van der Waals surface area contributed by atoms with Gasteiger partial charge in [0.05, 0.1) is 17.3 Å². The number of aryl methyl sites for hydroxylation is 1. The van der Waals surface area contributed by atoms with Gasteiger partial charge >= 0.3 is 0 Å². The summed E-state index contributed by atoms with van der Waals surface area (Å²) in [5.74, 6) is 0.213. The summed E-state index contributed by atoms with van der Waals surface area (Å²) in [4.78, 5) is 24.2. The first-order chi connectivity index (χ1) is 12.2. The van der Waals surface area contributed by atoms with E-state index in [-0.39, 0.29) is 11.6 Å². The van der Waals surface area contributed by atoms with Crippen LogP contribution < -0.4 is 10.6 Å². The topological polar surface area (TPSA) is 104 Å². The van der Waals surface area contributed by atoms with Gasteiger partial charge < -0.3 is 10.6 Å². The van der Waals surface area contributed by atoms with Gasteiger partial charge in [-0.05, 0) is 25.1 Å². The lowest BCUT2D eigenvalue weighted by Gasteiger charge is -2.10. The van der Waals surface area contributed by atoms with Crippen molar-refractivity contribution in [2.75, 3.05) is 18.4 Å². The van der Waals surface area contributed by atoms with Gasteiger partial charge in [0.25, 0.3) is 5.91 Å². The minimum absolute atomic E-state index is 0.263. The van der Waals surface area contributed by atoms with E-state index in [1.807, 2.05) is 31.2 Å². The van der Waals surface area contributed by atoms with E-state index in [2.05, 4.69) is 31.7 Å². The van der Waals surface area contributed by atoms with Crippen molar-refractivity contribution in [1.29, 1.82) is 5.26 Å². The number of anilines is 1. The van der Waals surface area contributed by atoms with E-state index < -0.39 is 0 Å². The third-order valence-electron chi connectivity index (χ3n) is 3.59. The molecule has 124 valence electrons. The first-order valence-corrected chi connectivity index (χ1v) is 7.77. The molecule has 7 nitrogen and oxygen atoms in total. The number of amides is 1. The molecule has 3 rings (SSSR count). The molecular weight excluding hydrogens is 316 g/mol. The Morgan fingerprint density at radius 1 is 1.24 bits per heavy atom. The zero-order valence-corrected chi connectivity index (χ0v) is 13.7. The Morgan fingerprint density at radius 2 is 2.12 bits per heavy atom. The largest absolute Gasteiger partial charge is 0.367 e. The Kier molecular flexibility index (Phi) is 4.81. The molecule has 0 aliphatic carbocycles. The van der Waals surface area contributed by atoms with Crippen molar-refractivity contribution < 1.29 is 4.79 Å². The molecule has 0 aliphatic rings. The fraction of sp³-hybridized carbons (Fsp3) is 0.167. The molecular formula is C18H16N6O. The average Bonchev–Trinajstić information content (AvgIpc) is 2.65. The fourth-order valence-corrected chi connectivity index (χ4v) is 2.38. The predicted octanol–water partition coefficient (Wildman–Crippen LogP) is 2.05. The molecule has 0 fully saturated rings. The van der Waals surface area contributed by atoms with Crippen molar-refractivity contribution in [2.24, 2.45) is 0 Å². The number of nitriles is 1. The molecule has 3 aromatic rings. The zero-order valence-electron chi connectivity index (χ0n) is 13.7. The Hall–Kier alpha value is -3.53. The van der Waals surface area contributed by atoms with Gasteiger partial charge in [0.15, 0.2) is 0 Å². The SMILES string of the molecule is Cc1ccc2nc(NCCNC(=O)c3cnccn3)c(C#N)cc2c1. The molecule has 25 heavy (non-hydrogen) atoms. The van der Waals surface area contributed by atoms with Crippen LogP contribution in [0.25, 0.3) is 10.9 Å². The number of fused-ring (bicyclic) bond motifs is 1. The summed E-state index contributed by atoms with van der Waals surface area (Å²) < 4.78 is 0. The van der Waals surface area contributed by atoms with Crippen LogP contribution in [0.3, 0.4) is 0 Å². The minimum atomic E-state index is -0.294. The number of benzene rings is 1. The predicted molar refractivity (Wildman–Crippen MR) is 94.0 cm³/mol. The van der Waals surface area contributed by atoms with Gasteiger partial charge in [0, 0.05) is 30.9 Å². The van der Waals surface area contributed by atoms with Gasteiger partial charge in [-0.15, -0.1) is 0 Å². The lowest BCUT2D eigenvalue weighted by molar-refractivity contribution is 0.0950. The van der Waals surface area contributed by atoms with Gasteiger partial charge in [0.2, 0.25) is 0 Å². The molecule has 0 bridgehead atoms. The molecule has 7 heteroatoms. The number of carbonyl (C=O) groups excluding carboxylic acids is 1. The van der Waals surface area contributed by atoms with Gasteiger partial charge in [-0.1, -0.05) is 11.6 Å². The Balaban J connectivity index is 1.64. The maximum Gasteiger partial charge on any atom is 0.271 e. The molecule has 1 amide bonds. The van der Waals surface area contributed by atoms with Crippen LogP contribution in [-0.2, 0) is 0 Å². The summed E-state index contributed by atoms with van der Waals surface area (Å²) in [6, 6.07) is 9.86. The lowest BCUT2D eigenvalue weighted by atomic mass is 10.1. The molecule has 0 spiro atoms. The van der Waals surface area contributed by atoms with E-state index in [9.17, 15) is 10.1 Å². The number of rotatable bonds is 5. The molecule has 0 radical (unpaired) electrons. The molecule has 2 heterocycles. The van der Waals surface area contributed by atoms with Crippen molar-refractivity contribution in [1.82, 2.24) is 20.3 Å². The average molecular weight is 332 g/mol. The normalized spacial score (nSPS) is 10.2. The minimum Gasteiger partial charge on any atom is -0.367 e. The number of hydrogen-bond donors (Lipinski definition) is 2. The second-order valence-electron chi connectivity index (χ2n) is 5.47. The van der Waals surface area contributed by atoms with E-state index in [1.54, 1.807) is 0 Å². The maximum absolute atomic E-state index is 11.9. The molecule has 0 atom stereocenters. The second kappa shape index (κ2) is 7.36. The number of hydrogen-bond acceptors (Lipinski definition) is 6. The summed E-state index contributed by atoms with van der Waals surface area (Å²) in [5.41, 5.74) is 2.67. The van der Waals surface area contributed by atoms with Crippen molar-refractivity contribution in [3.63, 3.8) is 0 Å². The molecule has 0 unspecified atom stereocenters. The highest BCUT2D eigenvalue weighted by Gasteiger charge is 2.08. The number of nitrogens with one attached hydrogen (secondary N) is 2. The third-order valence-corrected chi connectivity index (χ3v) is 3.59. The lowest BCUT2D eigenvalue weighted by Crippen LogP contribution is -2.29. The van der Waals surface area contributed by atoms with E-state index in [1.165, 1.54) is 18.6 Å². The smallest absolute Gasteiger partial charge is 0.271 e. The molecule has 2 aromatic heterocycles. The first-order valence-electron chi connectivity index (χ1n) is 7.77. The third kappa shape index (κ3) is 3.87. The summed E-state index contributed by atoms with van der Waals surface area (Å²) in [5, 5.41) is 16.1. The highest BCUT2D eigenvalue weighted by molar-refractivity contribution is 5.91. The molecule has 0 saturated heterocycles. The Bertz CT molecular complexity index is 949. The molecule has 0 aliphatic heterocycles. The van der Waals surface area contributed by atoms with Crippen molar-refractivity contribution in [3.8, 4) is 6.07 Å². The van der Waals surface area contributed by atoms with Crippen molar-refractivity contribution >= 4 is 22.6 Å². The number of aromatic nitrogens is 3. The first kappa shape index (κ1) is 16.3. The molecule has 0 saturated carbocycles. The summed E-state index contributed by atoms with van der Waals surface area (Å²) in [7, 11) is 0. The van der Waals surface area contributed by atoms with Crippen LogP contribution in [0.5, 0.6) is 0 Å². The molecule has 1 aromatic carbocycles. The van der Waals surface area contributed by atoms with Gasteiger partial charge in [-0.2, -0.15) is 5.26 Å². The van der Waals surface area contributed by atoms with E-state index >= 15 is 0 Å². The summed E-state index contributed by atoms with van der Waals surface area (Å²) in [6.07, 6.45) is 4.38. The Morgan fingerprint density at radius 3 is 2.88 bits per heavy atom. The standard InChI is InChI=1S/C18H16N6O/c1-12-2-3-15-13(8-12)9-14(10-19)17(24-15)22-6-7-23-18(25)16-11-20-4-5-21-16/h2-5,8-9,11H,6-7H2,1H3,(H,22,24)(H,23,25). The summed E-state index contributed by atoms with van der Waals surface area (Å²) in [6.45, 7) is 2.80. The van der Waals surface area contributed by atoms with Crippen LogP contribution in [-0.4, -0.2) is 33.9 Å². The van der Waals surface area contributed by atoms with Gasteiger partial charge in [-0.3, -0.25) is 9.78 Å². The van der Waals surface area contributed by atoms with Crippen molar-refractivity contribution in [2.45, 2.75) is 6.92 Å².